The molecule has 2 N–H and O–H groups in total. The van der Waals surface area contributed by atoms with Crippen molar-refractivity contribution in [3.05, 3.63) is 24.2 Å². The number of rotatable bonds is 4. The van der Waals surface area contributed by atoms with E-state index in [4.69, 9.17) is 24.7 Å². The zero-order chi connectivity index (χ0) is 20.1. The van der Waals surface area contributed by atoms with Gasteiger partial charge in [-0.15, -0.1) is 0 Å². The maximum absolute atomic E-state index is 11.7. The SMILES string of the molecule is CCC(=O)OC[C@@]1(C#N)O[C@@H](c2ccc3c(N)ncnn23)[C@@H]2OC(C)(C)O[C@@H]21. The second-order valence-corrected chi connectivity index (χ2v) is 7.28. The summed E-state index contributed by atoms with van der Waals surface area (Å²) in [6, 6.07) is 5.71. The van der Waals surface area contributed by atoms with Gasteiger partial charge in [-0.1, -0.05) is 6.92 Å². The Hall–Kier alpha value is -2.74. The van der Waals surface area contributed by atoms with E-state index in [1.165, 1.54) is 6.33 Å². The van der Waals surface area contributed by atoms with E-state index in [0.29, 0.717) is 17.0 Å². The third-order valence-corrected chi connectivity index (χ3v) is 4.95. The Kier molecular flexibility index (Phi) is 4.26. The molecule has 0 amide bonds. The van der Waals surface area contributed by atoms with E-state index in [0.717, 1.165) is 0 Å². The van der Waals surface area contributed by atoms with Crippen LogP contribution < -0.4 is 5.73 Å². The van der Waals surface area contributed by atoms with E-state index in [9.17, 15) is 10.1 Å². The normalized spacial score (nSPS) is 30.9. The van der Waals surface area contributed by atoms with Crippen LogP contribution in [0, 0.1) is 11.3 Å². The van der Waals surface area contributed by atoms with Gasteiger partial charge >= 0.3 is 5.97 Å². The van der Waals surface area contributed by atoms with Crippen molar-refractivity contribution in [1.29, 1.82) is 5.26 Å². The Morgan fingerprint density at radius 2 is 2.18 bits per heavy atom. The highest BCUT2D eigenvalue weighted by Gasteiger charge is 2.65. The Morgan fingerprint density at radius 1 is 1.39 bits per heavy atom. The van der Waals surface area contributed by atoms with E-state index < -0.39 is 35.7 Å². The molecule has 4 heterocycles. The number of carbonyl (C=O) groups excluding carboxylic acids is 1. The van der Waals surface area contributed by atoms with Gasteiger partial charge in [-0.25, -0.2) is 9.50 Å². The smallest absolute Gasteiger partial charge is 0.305 e. The first-order valence-corrected chi connectivity index (χ1v) is 8.98. The fourth-order valence-corrected chi connectivity index (χ4v) is 3.68. The van der Waals surface area contributed by atoms with Gasteiger partial charge in [0.05, 0.1) is 5.69 Å². The fraction of sp³-hybridized carbons (Fsp3) is 0.556. The van der Waals surface area contributed by atoms with Crippen LogP contribution in [0.1, 0.15) is 39.0 Å². The van der Waals surface area contributed by atoms with Crippen molar-refractivity contribution in [3.63, 3.8) is 0 Å². The Morgan fingerprint density at radius 3 is 2.89 bits per heavy atom. The van der Waals surface area contributed by atoms with Crippen LogP contribution in [0.4, 0.5) is 5.82 Å². The maximum Gasteiger partial charge on any atom is 0.305 e. The number of nitrogens with two attached hydrogens (primary N) is 1. The van der Waals surface area contributed by atoms with Crippen LogP contribution in [-0.2, 0) is 23.7 Å². The molecule has 2 aromatic heterocycles. The molecule has 4 rings (SSSR count). The first-order chi connectivity index (χ1) is 13.3. The monoisotopic (exact) mass is 387 g/mol. The number of nitriles is 1. The second-order valence-electron chi connectivity index (χ2n) is 7.28. The van der Waals surface area contributed by atoms with Gasteiger partial charge < -0.3 is 24.7 Å². The molecular formula is C18H21N5O5. The number of carbonyl (C=O) groups is 1. The Bertz CT molecular complexity index is 967. The first-order valence-electron chi connectivity index (χ1n) is 8.98. The lowest BCUT2D eigenvalue weighted by Crippen LogP contribution is -2.46. The van der Waals surface area contributed by atoms with Crippen molar-refractivity contribution in [2.45, 2.75) is 56.9 Å². The summed E-state index contributed by atoms with van der Waals surface area (Å²) in [4.78, 5) is 15.7. The van der Waals surface area contributed by atoms with Crippen molar-refractivity contribution in [3.8, 4) is 6.07 Å². The van der Waals surface area contributed by atoms with E-state index in [1.807, 2.05) is 0 Å². The van der Waals surface area contributed by atoms with Gasteiger partial charge in [0.15, 0.2) is 11.6 Å². The maximum atomic E-state index is 11.7. The summed E-state index contributed by atoms with van der Waals surface area (Å²) in [6.07, 6.45) is -0.476. The number of nitrogens with zero attached hydrogens (tertiary/aromatic N) is 4. The van der Waals surface area contributed by atoms with Crippen LogP contribution in [-0.4, -0.2) is 50.8 Å². The molecule has 4 atom stereocenters. The summed E-state index contributed by atoms with van der Waals surface area (Å²) in [5.41, 5.74) is 5.66. The van der Waals surface area contributed by atoms with Crippen molar-refractivity contribution in [1.82, 2.24) is 14.6 Å². The van der Waals surface area contributed by atoms with E-state index in [1.54, 1.807) is 37.4 Å². The minimum atomic E-state index is -1.50. The Labute approximate surface area is 161 Å². The number of fused-ring (bicyclic) bond motifs is 2. The van der Waals surface area contributed by atoms with Crippen molar-refractivity contribution in [2.75, 3.05) is 12.3 Å². The fourth-order valence-electron chi connectivity index (χ4n) is 3.68. The van der Waals surface area contributed by atoms with Gasteiger partial charge in [-0.3, -0.25) is 4.79 Å². The molecule has 10 heteroatoms. The molecule has 2 aliphatic rings. The molecular weight excluding hydrogens is 366 g/mol. The van der Waals surface area contributed by atoms with Crippen LogP contribution in [0.25, 0.3) is 5.52 Å². The second kappa shape index (κ2) is 6.41. The predicted octanol–water partition coefficient (Wildman–Crippen LogP) is 1.12. The van der Waals surface area contributed by atoms with E-state index in [2.05, 4.69) is 16.2 Å². The van der Waals surface area contributed by atoms with Gasteiger partial charge in [-0.2, -0.15) is 10.4 Å². The highest BCUT2D eigenvalue weighted by molar-refractivity contribution is 5.69. The van der Waals surface area contributed by atoms with Crippen LogP contribution in [0.5, 0.6) is 0 Å². The number of hydrogen-bond donors (Lipinski definition) is 1. The summed E-state index contributed by atoms with van der Waals surface area (Å²) >= 11 is 0. The number of hydrogen-bond acceptors (Lipinski definition) is 9. The molecule has 28 heavy (non-hydrogen) atoms. The van der Waals surface area contributed by atoms with Gasteiger partial charge in [0, 0.05) is 6.42 Å². The number of esters is 1. The van der Waals surface area contributed by atoms with Crippen LogP contribution >= 0.6 is 0 Å². The van der Waals surface area contributed by atoms with Gasteiger partial charge in [0.2, 0.25) is 5.60 Å². The molecule has 0 bridgehead atoms. The Balaban J connectivity index is 1.75. The van der Waals surface area contributed by atoms with E-state index >= 15 is 0 Å². The summed E-state index contributed by atoms with van der Waals surface area (Å²) in [6.45, 7) is 4.95. The molecule has 0 spiro atoms. The molecule has 10 nitrogen and oxygen atoms in total. The molecule has 2 aromatic rings. The quantitative estimate of drug-likeness (QED) is 0.766. The lowest BCUT2D eigenvalue weighted by atomic mass is 9.96. The topological polar surface area (TPSA) is 134 Å². The van der Waals surface area contributed by atoms with Crippen molar-refractivity contribution < 1.29 is 23.7 Å². The minimum absolute atomic E-state index is 0.196. The largest absolute Gasteiger partial charge is 0.461 e. The van der Waals surface area contributed by atoms with Crippen LogP contribution in [0.15, 0.2) is 18.5 Å². The zero-order valence-corrected chi connectivity index (χ0v) is 15.8. The third-order valence-electron chi connectivity index (χ3n) is 4.95. The first kappa shape index (κ1) is 18.6. The lowest BCUT2D eigenvalue weighted by molar-refractivity contribution is -0.208. The minimum Gasteiger partial charge on any atom is -0.461 e. The standard InChI is InChI=1S/C18H21N5O5/c1-4-12(24)25-8-18(7-19)15-14(26-17(2,3)28-15)13(27-18)10-5-6-11-16(20)21-9-22-23(10)11/h5-6,9,13-15H,4,8H2,1-3H3,(H2,20,21,22)/t13-,14-,15-,18+/m0/s1. The summed E-state index contributed by atoms with van der Waals surface area (Å²) < 4.78 is 25.0. The number of ether oxygens (including phenoxy) is 4. The van der Waals surface area contributed by atoms with Gasteiger partial charge in [-0.05, 0) is 26.0 Å². The molecule has 2 aliphatic heterocycles. The molecule has 0 aromatic carbocycles. The molecule has 2 fully saturated rings. The number of anilines is 1. The van der Waals surface area contributed by atoms with Crippen molar-refractivity contribution in [2.24, 2.45) is 0 Å². The zero-order valence-electron chi connectivity index (χ0n) is 15.8. The van der Waals surface area contributed by atoms with Gasteiger partial charge in [0.25, 0.3) is 0 Å². The molecule has 0 aliphatic carbocycles. The summed E-state index contributed by atoms with van der Waals surface area (Å²) in [5.74, 6) is -1.02. The molecule has 148 valence electrons. The number of aromatic nitrogens is 3. The molecule has 0 radical (unpaired) electrons. The predicted molar refractivity (Wildman–Crippen MR) is 94.6 cm³/mol. The highest BCUT2D eigenvalue weighted by Crippen LogP contribution is 2.50. The summed E-state index contributed by atoms with van der Waals surface area (Å²) in [5, 5.41) is 14.2. The lowest BCUT2D eigenvalue weighted by Gasteiger charge is -2.28. The van der Waals surface area contributed by atoms with Crippen molar-refractivity contribution >= 4 is 17.3 Å². The average Bonchev–Trinajstić information content (AvgIpc) is 3.31. The molecule has 2 saturated heterocycles. The average molecular weight is 387 g/mol. The van der Waals surface area contributed by atoms with E-state index in [-0.39, 0.29) is 13.0 Å². The third kappa shape index (κ3) is 2.79. The molecule has 0 saturated carbocycles. The van der Waals surface area contributed by atoms with Crippen LogP contribution in [0.2, 0.25) is 0 Å². The van der Waals surface area contributed by atoms with Crippen LogP contribution in [0.3, 0.4) is 0 Å². The summed E-state index contributed by atoms with van der Waals surface area (Å²) in [7, 11) is 0. The molecule has 0 unspecified atom stereocenters. The highest BCUT2D eigenvalue weighted by atomic mass is 16.8. The number of nitrogen functional groups attached to an aromatic ring is 1. The van der Waals surface area contributed by atoms with Gasteiger partial charge in [0.1, 0.15) is 42.8 Å².